The zero-order chi connectivity index (χ0) is 19.8. The zero-order valence-electron chi connectivity index (χ0n) is 15.9. The Kier molecular flexibility index (Phi) is 4.91. The van der Waals surface area contributed by atoms with Crippen LogP contribution in [-0.2, 0) is 17.6 Å². The number of aromatic nitrogens is 2. The summed E-state index contributed by atoms with van der Waals surface area (Å²) < 4.78 is 15.6. The average Bonchev–Trinajstić information content (AvgIpc) is 3.23. The SMILES string of the molecule is Cc1cc(F)cc(-n2nc(C(=O)NC3CCC(C(=O)O)CC3)c3c2CCC3)c1. The van der Waals surface area contributed by atoms with Crippen LogP contribution in [0.5, 0.6) is 0 Å². The smallest absolute Gasteiger partial charge is 0.306 e. The Morgan fingerprint density at radius 3 is 2.61 bits per heavy atom. The summed E-state index contributed by atoms with van der Waals surface area (Å²) in [7, 11) is 0. The van der Waals surface area contributed by atoms with Crippen molar-refractivity contribution >= 4 is 11.9 Å². The van der Waals surface area contributed by atoms with Crippen molar-refractivity contribution < 1.29 is 19.1 Å². The number of rotatable bonds is 4. The second-order valence-corrected chi connectivity index (χ2v) is 7.89. The number of halogens is 1. The first kappa shape index (κ1) is 18.7. The lowest BCUT2D eigenvalue weighted by molar-refractivity contribution is -0.142. The molecular formula is C21H24FN3O3. The third kappa shape index (κ3) is 3.53. The molecule has 1 saturated carbocycles. The molecule has 0 saturated heterocycles. The maximum absolute atomic E-state index is 13.9. The molecule has 148 valence electrons. The van der Waals surface area contributed by atoms with Gasteiger partial charge in [-0.05, 0) is 75.6 Å². The van der Waals surface area contributed by atoms with Crippen LogP contribution in [0, 0.1) is 18.7 Å². The second kappa shape index (κ2) is 7.37. The van der Waals surface area contributed by atoms with E-state index in [4.69, 9.17) is 5.11 Å². The molecule has 6 nitrogen and oxygen atoms in total. The molecule has 2 aliphatic rings. The molecule has 0 unspecified atom stereocenters. The Balaban J connectivity index is 1.56. The molecule has 7 heteroatoms. The van der Waals surface area contributed by atoms with Gasteiger partial charge in [0.15, 0.2) is 5.69 Å². The largest absolute Gasteiger partial charge is 0.481 e. The highest BCUT2D eigenvalue weighted by Gasteiger charge is 2.30. The van der Waals surface area contributed by atoms with Crippen LogP contribution in [0.2, 0.25) is 0 Å². The van der Waals surface area contributed by atoms with Crippen LogP contribution in [0.25, 0.3) is 5.69 Å². The van der Waals surface area contributed by atoms with Gasteiger partial charge in [-0.1, -0.05) is 0 Å². The van der Waals surface area contributed by atoms with Gasteiger partial charge in [0.25, 0.3) is 5.91 Å². The maximum Gasteiger partial charge on any atom is 0.306 e. The van der Waals surface area contributed by atoms with Gasteiger partial charge in [0.2, 0.25) is 0 Å². The number of nitrogens with one attached hydrogen (secondary N) is 1. The van der Waals surface area contributed by atoms with Crippen molar-refractivity contribution in [2.45, 2.75) is 57.9 Å². The van der Waals surface area contributed by atoms with Gasteiger partial charge < -0.3 is 10.4 Å². The molecule has 2 aliphatic carbocycles. The van der Waals surface area contributed by atoms with Gasteiger partial charge in [-0.15, -0.1) is 0 Å². The van der Waals surface area contributed by atoms with Gasteiger partial charge in [0.1, 0.15) is 5.82 Å². The zero-order valence-corrected chi connectivity index (χ0v) is 15.9. The first-order valence-electron chi connectivity index (χ1n) is 9.84. The monoisotopic (exact) mass is 385 g/mol. The summed E-state index contributed by atoms with van der Waals surface area (Å²) >= 11 is 0. The minimum atomic E-state index is -0.758. The molecule has 1 aromatic heterocycles. The molecule has 4 rings (SSSR count). The minimum absolute atomic E-state index is 0.0262. The first-order chi connectivity index (χ1) is 13.4. The number of aliphatic carboxylic acids is 1. The van der Waals surface area contributed by atoms with Crippen LogP contribution < -0.4 is 5.32 Å². The van der Waals surface area contributed by atoms with E-state index in [1.165, 1.54) is 12.1 Å². The topological polar surface area (TPSA) is 84.2 Å². The van der Waals surface area contributed by atoms with Crippen molar-refractivity contribution in [1.29, 1.82) is 0 Å². The molecule has 2 aromatic rings. The number of amides is 1. The summed E-state index contributed by atoms with van der Waals surface area (Å²) in [6.07, 6.45) is 5.03. The number of hydrogen-bond donors (Lipinski definition) is 2. The number of aryl methyl sites for hydroxylation is 1. The summed E-state index contributed by atoms with van der Waals surface area (Å²) in [5.41, 5.74) is 3.77. The Bertz CT molecular complexity index is 909. The van der Waals surface area contributed by atoms with Gasteiger partial charge in [0.05, 0.1) is 11.6 Å². The molecule has 0 aliphatic heterocycles. The number of fused-ring (bicyclic) bond motifs is 1. The van der Waals surface area contributed by atoms with E-state index in [1.54, 1.807) is 4.68 Å². The van der Waals surface area contributed by atoms with E-state index in [9.17, 15) is 14.0 Å². The van der Waals surface area contributed by atoms with Crippen LogP contribution in [0.1, 0.15) is 59.4 Å². The predicted octanol–water partition coefficient (Wildman–Crippen LogP) is 3.18. The summed E-state index contributed by atoms with van der Waals surface area (Å²) in [4.78, 5) is 24.0. The molecule has 2 N–H and O–H groups in total. The van der Waals surface area contributed by atoms with E-state index in [2.05, 4.69) is 10.4 Å². The lowest BCUT2D eigenvalue weighted by atomic mass is 9.86. The van der Waals surface area contributed by atoms with Gasteiger partial charge in [-0.25, -0.2) is 9.07 Å². The molecule has 0 radical (unpaired) electrons. The van der Waals surface area contributed by atoms with Crippen LogP contribution in [-0.4, -0.2) is 32.8 Å². The molecule has 1 amide bonds. The van der Waals surface area contributed by atoms with E-state index in [0.717, 1.165) is 36.1 Å². The second-order valence-electron chi connectivity index (χ2n) is 7.89. The predicted molar refractivity (Wildman–Crippen MR) is 101 cm³/mol. The van der Waals surface area contributed by atoms with E-state index >= 15 is 0 Å². The quantitative estimate of drug-likeness (QED) is 0.847. The van der Waals surface area contributed by atoms with Crippen LogP contribution in [0.3, 0.4) is 0 Å². The summed E-state index contributed by atoms with van der Waals surface area (Å²) in [6, 6.07) is 4.74. The van der Waals surface area contributed by atoms with Crippen molar-refractivity contribution in [2.24, 2.45) is 5.92 Å². The fourth-order valence-corrected chi connectivity index (χ4v) is 4.41. The average molecular weight is 385 g/mol. The Hall–Kier alpha value is -2.70. The van der Waals surface area contributed by atoms with Crippen molar-refractivity contribution in [3.8, 4) is 5.69 Å². The number of benzene rings is 1. The van der Waals surface area contributed by atoms with Crippen molar-refractivity contribution in [1.82, 2.24) is 15.1 Å². The van der Waals surface area contributed by atoms with E-state index < -0.39 is 5.97 Å². The third-order valence-corrected chi connectivity index (χ3v) is 5.83. The number of carboxylic acid groups (broad SMARTS) is 1. The molecule has 0 bridgehead atoms. The van der Waals surface area contributed by atoms with Gasteiger partial charge in [-0.2, -0.15) is 5.10 Å². The Morgan fingerprint density at radius 1 is 1.18 bits per heavy atom. The van der Waals surface area contributed by atoms with Gasteiger partial charge >= 0.3 is 5.97 Å². The van der Waals surface area contributed by atoms with Crippen molar-refractivity contribution in [3.63, 3.8) is 0 Å². The van der Waals surface area contributed by atoms with E-state index in [1.807, 2.05) is 13.0 Å². The number of carboxylic acids is 1. The van der Waals surface area contributed by atoms with Crippen LogP contribution in [0.15, 0.2) is 18.2 Å². The highest BCUT2D eigenvalue weighted by atomic mass is 19.1. The maximum atomic E-state index is 13.9. The van der Waals surface area contributed by atoms with Gasteiger partial charge in [0, 0.05) is 17.3 Å². The van der Waals surface area contributed by atoms with Crippen molar-refractivity contribution in [3.05, 3.63) is 46.5 Å². The first-order valence-corrected chi connectivity index (χ1v) is 9.84. The standard InChI is InChI=1S/C21H24FN3O3/c1-12-9-14(22)11-16(10-12)25-18-4-2-3-17(18)19(24-25)20(26)23-15-7-5-13(6-8-15)21(27)28/h9-11,13,15H,2-8H2,1H3,(H,23,26)(H,27,28). The molecular weight excluding hydrogens is 361 g/mol. The highest BCUT2D eigenvalue weighted by molar-refractivity contribution is 5.94. The molecule has 1 aromatic carbocycles. The van der Waals surface area contributed by atoms with Crippen LogP contribution in [0.4, 0.5) is 4.39 Å². The number of hydrogen-bond acceptors (Lipinski definition) is 3. The third-order valence-electron chi connectivity index (χ3n) is 5.83. The number of nitrogens with zero attached hydrogens (tertiary/aromatic N) is 2. The Labute approximate surface area is 162 Å². The Morgan fingerprint density at radius 2 is 1.93 bits per heavy atom. The molecule has 1 heterocycles. The van der Waals surface area contributed by atoms with Crippen molar-refractivity contribution in [2.75, 3.05) is 0 Å². The normalized spacial score (nSPS) is 21.4. The number of carbonyl (C=O) groups excluding carboxylic acids is 1. The highest BCUT2D eigenvalue weighted by Crippen LogP contribution is 2.29. The number of carbonyl (C=O) groups is 2. The minimum Gasteiger partial charge on any atom is -0.481 e. The lowest BCUT2D eigenvalue weighted by Gasteiger charge is -2.26. The van der Waals surface area contributed by atoms with E-state index in [0.29, 0.717) is 37.1 Å². The summed E-state index contributed by atoms with van der Waals surface area (Å²) in [5, 5.41) is 16.7. The van der Waals surface area contributed by atoms with Gasteiger partial charge in [-0.3, -0.25) is 9.59 Å². The summed E-state index contributed by atoms with van der Waals surface area (Å²) in [6.45, 7) is 1.83. The molecule has 0 spiro atoms. The summed E-state index contributed by atoms with van der Waals surface area (Å²) in [5.74, 6) is -1.61. The molecule has 1 fully saturated rings. The van der Waals surface area contributed by atoms with Crippen LogP contribution >= 0.6 is 0 Å². The fourth-order valence-electron chi connectivity index (χ4n) is 4.41. The fraction of sp³-hybridized carbons (Fsp3) is 0.476. The molecule has 28 heavy (non-hydrogen) atoms. The van der Waals surface area contributed by atoms with E-state index in [-0.39, 0.29) is 23.7 Å². The molecule has 0 atom stereocenters. The lowest BCUT2D eigenvalue weighted by Crippen LogP contribution is -2.39.